The zero-order valence-electron chi connectivity index (χ0n) is 22.7. The van der Waals surface area contributed by atoms with Crippen molar-refractivity contribution in [2.45, 2.75) is 85.2 Å². The number of piperidine rings is 1. The maximum Gasteiger partial charge on any atom is 0.339 e. The molecule has 1 saturated heterocycles. The maximum absolute atomic E-state index is 13.5. The molecular formula is C30H41ClN2O4. The van der Waals surface area contributed by atoms with E-state index < -0.39 is 0 Å². The van der Waals surface area contributed by atoms with Crippen molar-refractivity contribution in [1.82, 2.24) is 4.90 Å². The second kappa shape index (κ2) is 14.4. The van der Waals surface area contributed by atoms with Gasteiger partial charge in [-0.1, -0.05) is 61.3 Å². The second-order valence-corrected chi connectivity index (χ2v) is 10.6. The summed E-state index contributed by atoms with van der Waals surface area (Å²) in [5.74, 6) is -0.0976. The van der Waals surface area contributed by atoms with Gasteiger partial charge in [-0.15, -0.1) is 0 Å². The highest BCUT2D eigenvalue weighted by atomic mass is 35.5. The van der Waals surface area contributed by atoms with Gasteiger partial charge >= 0.3 is 5.97 Å². The number of ether oxygens (including phenoxy) is 1. The maximum atomic E-state index is 13.5. The predicted octanol–water partition coefficient (Wildman–Crippen LogP) is 6.75. The van der Waals surface area contributed by atoms with Gasteiger partial charge in [0.15, 0.2) is 6.61 Å². The van der Waals surface area contributed by atoms with Crippen molar-refractivity contribution in [2.24, 2.45) is 11.1 Å². The van der Waals surface area contributed by atoms with E-state index in [1.54, 1.807) is 0 Å². The van der Waals surface area contributed by atoms with Gasteiger partial charge < -0.3 is 14.5 Å². The molecule has 1 fully saturated rings. The minimum atomic E-state index is -0.365. The van der Waals surface area contributed by atoms with Crippen LogP contribution in [0, 0.1) is 19.8 Å². The molecule has 0 saturated carbocycles. The van der Waals surface area contributed by atoms with Crippen LogP contribution in [0.15, 0.2) is 35.5 Å². The predicted molar refractivity (Wildman–Crippen MR) is 149 cm³/mol. The van der Waals surface area contributed by atoms with E-state index in [4.69, 9.17) is 21.2 Å². The first kappa shape index (κ1) is 29.0. The molecular weight excluding hydrogens is 488 g/mol. The minimum absolute atomic E-state index is 0.0525. The van der Waals surface area contributed by atoms with Crippen molar-refractivity contribution in [1.29, 1.82) is 0 Å². The number of carbonyl (C=O) groups excluding carboxylic acids is 2. The van der Waals surface area contributed by atoms with Crippen LogP contribution in [-0.4, -0.2) is 48.3 Å². The molecule has 2 unspecified atom stereocenters. The molecule has 2 aliphatic heterocycles. The van der Waals surface area contributed by atoms with Gasteiger partial charge in [0, 0.05) is 31.0 Å². The molecule has 0 aliphatic carbocycles. The van der Waals surface area contributed by atoms with Crippen LogP contribution in [0.2, 0.25) is 5.02 Å². The molecule has 2 aliphatic rings. The fourth-order valence-corrected chi connectivity index (χ4v) is 5.14. The second-order valence-electron chi connectivity index (χ2n) is 10.2. The molecule has 3 rings (SSSR count). The Labute approximate surface area is 226 Å². The number of rotatable bonds is 5. The first-order valence-corrected chi connectivity index (χ1v) is 14.0. The van der Waals surface area contributed by atoms with Crippen LogP contribution >= 0.6 is 11.6 Å². The lowest BCUT2D eigenvalue weighted by Gasteiger charge is -2.26. The SMILES string of the molecule is CCCC1C/C=C/C(C)C/C=C/C(=N\OCC(=O)N2CCCCC2)Cc2c(Cl)c(C)cc(C)c2C(=O)O1. The first-order chi connectivity index (χ1) is 17.8. The number of cyclic esters (lactones) is 1. The van der Waals surface area contributed by atoms with E-state index in [1.165, 1.54) is 0 Å². The Morgan fingerprint density at radius 3 is 2.65 bits per heavy atom. The average Bonchev–Trinajstić information content (AvgIpc) is 2.87. The molecule has 0 aromatic heterocycles. The van der Waals surface area contributed by atoms with Crippen LogP contribution in [0.1, 0.15) is 85.8 Å². The number of nitrogens with zero attached hydrogens (tertiary/aromatic N) is 2. The number of allylic oxidation sites excluding steroid dienone is 3. The van der Waals surface area contributed by atoms with Gasteiger partial charge in [0.05, 0.1) is 11.3 Å². The summed E-state index contributed by atoms with van der Waals surface area (Å²) >= 11 is 6.77. The van der Waals surface area contributed by atoms with E-state index in [-0.39, 0.29) is 24.6 Å². The number of oxime groups is 1. The smallest absolute Gasteiger partial charge is 0.339 e. The third-order valence-electron chi connectivity index (χ3n) is 6.95. The van der Waals surface area contributed by atoms with E-state index >= 15 is 0 Å². The van der Waals surface area contributed by atoms with E-state index in [1.807, 2.05) is 30.9 Å². The zero-order chi connectivity index (χ0) is 26.8. The minimum Gasteiger partial charge on any atom is -0.458 e. The molecule has 1 aromatic rings. The lowest BCUT2D eigenvalue weighted by atomic mass is 9.94. The summed E-state index contributed by atoms with van der Waals surface area (Å²) in [6.07, 6.45) is 14.8. The number of amides is 1. The highest BCUT2D eigenvalue weighted by Gasteiger charge is 2.24. The molecule has 0 bridgehead atoms. The van der Waals surface area contributed by atoms with Crippen LogP contribution in [-0.2, 0) is 20.8 Å². The molecule has 1 amide bonds. The Morgan fingerprint density at radius 1 is 1.16 bits per heavy atom. The number of hydrogen-bond donors (Lipinski definition) is 0. The Balaban J connectivity index is 1.93. The van der Waals surface area contributed by atoms with Crippen LogP contribution in [0.25, 0.3) is 0 Å². The van der Waals surface area contributed by atoms with Crippen LogP contribution in [0.5, 0.6) is 0 Å². The Morgan fingerprint density at radius 2 is 1.92 bits per heavy atom. The van der Waals surface area contributed by atoms with Crippen LogP contribution < -0.4 is 0 Å². The van der Waals surface area contributed by atoms with Gasteiger partial charge in [-0.25, -0.2) is 4.79 Å². The summed E-state index contributed by atoms with van der Waals surface area (Å²) < 4.78 is 6.00. The number of likely N-dealkylation sites (tertiary alicyclic amines) is 1. The number of esters is 1. The highest BCUT2D eigenvalue weighted by Crippen LogP contribution is 2.30. The largest absolute Gasteiger partial charge is 0.458 e. The summed E-state index contributed by atoms with van der Waals surface area (Å²) in [5.41, 5.74) is 3.47. The summed E-state index contributed by atoms with van der Waals surface area (Å²) in [5, 5.41) is 4.86. The van der Waals surface area contributed by atoms with Crippen molar-refractivity contribution in [3.05, 3.63) is 57.6 Å². The van der Waals surface area contributed by atoms with Gasteiger partial charge in [-0.05, 0) is 74.6 Å². The van der Waals surface area contributed by atoms with Crippen molar-refractivity contribution < 1.29 is 19.2 Å². The molecule has 2 heterocycles. The molecule has 7 heteroatoms. The number of carbonyl (C=O) groups is 2. The Bertz CT molecular complexity index is 1040. The van der Waals surface area contributed by atoms with Gasteiger partial charge in [0.25, 0.3) is 5.91 Å². The standard InChI is InChI=1S/C30H41ClN2O4/c1-5-11-25-15-10-13-21(2)12-9-14-24(32-36-20-27(34)33-16-7-6-8-17-33)19-26-28(30(35)37-25)22(3)18-23(4)29(26)31/h9-10,13-14,18,21,25H,5-8,11-12,15-17,19-20H2,1-4H3/b13-10+,14-9+,32-24+. The quantitative estimate of drug-likeness (QED) is 0.241. The number of aryl methyl sites for hydroxylation is 2. The molecule has 0 N–H and O–H groups in total. The summed E-state index contributed by atoms with van der Waals surface area (Å²) in [6, 6.07) is 1.92. The van der Waals surface area contributed by atoms with Gasteiger partial charge in [0.2, 0.25) is 0 Å². The van der Waals surface area contributed by atoms with Gasteiger partial charge in [0.1, 0.15) is 6.10 Å². The summed E-state index contributed by atoms with van der Waals surface area (Å²) in [6.45, 7) is 9.51. The van der Waals surface area contributed by atoms with E-state index in [2.05, 4.69) is 37.2 Å². The summed E-state index contributed by atoms with van der Waals surface area (Å²) in [4.78, 5) is 33.4. The van der Waals surface area contributed by atoms with Gasteiger partial charge in [-0.3, -0.25) is 4.79 Å². The molecule has 0 radical (unpaired) electrons. The highest BCUT2D eigenvalue weighted by molar-refractivity contribution is 6.33. The van der Waals surface area contributed by atoms with E-state index in [9.17, 15) is 9.59 Å². The van der Waals surface area contributed by atoms with E-state index in [0.29, 0.717) is 40.6 Å². The number of hydrogen-bond acceptors (Lipinski definition) is 5. The Hall–Kier alpha value is -2.60. The lowest BCUT2D eigenvalue weighted by molar-refractivity contribution is -0.137. The van der Waals surface area contributed by atoms with Crippen molar-refractivity contribution in [3.63, 3.8) is 0 Å². The number of benzene rings is 1. The van der Waals surface area contributed by atoms with Crippen LogP contribution in [0.3, 0.4) is 0 Å². The van der Waals surface area contributed by atoms with Crippen molar-refractivity contribution in [2.75, 3.05) is 19.7 Å². The lowest BCUT2D eigenvalue weighted by Crippen LogP contribution is -2.37. The fourth-order valence-electron chi connectivity index (χ4n) is 4.92. The molecule has 37 heavy (non-hydrogen) atoms. The summed E-state index contributed by atoms with van der Waals surface area (Å²) in [7, 11) is 0. The van der Waals surface area contributed by atoms with Crippen molar-refractivity contribution >= 4 is 29.2 Å². The topological polar surface area (TPSA) is 68.2 Å². The normalized spacial score (nSPS) is 24.1. The molecule has 0 spiro atoms. The number of halogens is 1. The molecule has 202 valence electrons. The van der Waals surface area contributed by atoms with Crippen molar-refractivity contribution in [3.8, 4) is 0 Å². The molecule has 1 aromatic carbocycles. The third-order valence-corrected chi connectivity index (χ3v) is 7.47. The average molecular weight is 529 g/mol. The number of fused-ring (bicyclic) bond motifs is 1. The monoisotopic (exact) mass is 528 g/mol. The Kier molecular flexibility index (Phi) is 11.2. The van der Waals surface area contributed by atoms with E-state index in [0.717, 1.165) is 62.7 Å². The molecule has 6 nitrogen and oxygen atoms in total. The zero-order valence-corrected chi connectivity index (χ0v) is 23.5. The third kappa shape index (κ3) is 8.46. The first-order valence-electron chi connectivity index (χ1n) is 13.6. The molecule has 2 atom stereocenters. The van der Waals surface area contributed by atoms with Gasteiger partial charge in [-0.2, -0.15) is 0 Å². The fraction of sp³-hybridized carbons (Fsp3) is 0.567. The van der Waals surface area contributed by atoms with Crippen LogP contribution in [0.4, 0.5) is 0 Å².